The van der Waals surface area contributed by atoms with Gasteiger partial charge in [-0.05, 0) is 30.4 Å². The summed E-state index contributed by atoms with van der Waals surface area (Å²) < 4.78 is 0. The van der Waals surface area contributed by atoms with E-state index in [1.165, 1.54) is 4.90 Å². The Morgan fingerprint density at radius 1 is 1.24 bits per heavy atom. The molecular formula is C17H19N2O2+. The fourth-order valence-corrected chi connectivity index (χ4v) is 3.63. The third kappa shape index (κ3) is 2.03. The first-order valence-corrected chi connectivity index (χ1v) is 7.59. The number of nitrogens with zero attached hydrogens (tertiary/aromatic N) is 1. The van der Waals surface area contributed by atoms with Gasteiger partial charge in [-0.2, -0.15) is 0 Å². The molecular weight excluding hydrogens is 264 g/mol. The molecule has 0 aromatic heterocycles. The highest BCUT2D eigenvalue weighted by molar-refractivity contribution is 6.24. The Labute approximate surface area is 123 Å². The van der Waals surface area contributed by atoms with Gasteiger partial charge in [-0.15, -0.1) is 0 Å². The number of rotatable bonds is 2. The summed E-state index contributed by atoms with van der Waals surface area (Å²) in [5, 5.41) is 12.0. The number of hydrogen-bond acceptors (Lipinski definition) is 2. The minimum Gasteiger partial charge on any atom is -0.387 e. The molecule has 1 unspecified atom stereocenters. The highest BCUT2D eigenvalue weighted by Gasteiger charge is 2.33. The molecule has 0 spiro atoms. The van der Waals surface area contributed by atoms with Crippen LogP contribution in [0, 0.1) is 0 Å². The zero-order valence-corrected chi connectivity index (χ0v) is 11.9. The number of nitrogens with one attached hydrogen (secondary N) is 1. The molecule has 2 aliphatic rings. The molecule has 1 fully saturated rings. The van der Waals surface area contributed by atoms with Crippen LogP contribution < -0.4 is 9.80 Å². The smallest absolute Gasteiger partial charge is 0.263 e. The Hall–Kier alpha value is -1.91. The number of carbonyl (C=O) groups excluding carboxylic acids is 1. The molecule has 2 aromatic carbocycles. The van der Waals surface area contributed by atoms with Gasteiger partial charge in [-0.25, -0.2) is 0 Å². The highest BCUT2D eigenvalue weighted by atomic mass is 16.3. The standard InChI is InChI=1S/C17H18N2O2/c20-13-6-3-9-18(10-13)11-19-15-8-2-5-12-4-1-7-14(16(12)15)17(19)21/h1-2,4-5,7-8,13,20H,3,6,9-11H2/p+1/t13-/m1/s1. The molecule has 2 atom stereocenters. The van der Waals surface area contributed by atoms with E-state index in [4.69, 9.17) is 0 Å². The van der Waals surface area contributed by atoms with Crippen molar-refractivity contribution in [2.45, 2.75) is 18.9 Å². The summed E-state index contributed by atoms with van der Waals surface area (Å²) in [7, 11) is 0. The molecule has 1 saturated heterocycles. The number of piperidine rings is 1. The van der Waals surface area contributed by atoms with Crippen LogP contribution in [0.5, 0.6) is 0 Å². The van der Waals surface area contributed by atoms with Crippen molar-refractivity contribution >= 4 is 22.4 Å². The van der Waals surface area contributed by atoms with E-state index in [9.17, 15) is 9.90 Å². The SMILES string of the molecule is O=C1c2cccc3cccc(c23)N1C[NH+]1CCC[C@@H](O)C1. The third-order valence-electron chi connectivity index (χ3n) is 4.62. The fraction of sp³-hybridized carbons (Fsp3) is 0.353. The lowest BCUT2D eigenvalue weighted by Crippen LogP contribution is -3.15. The van der Waals surface area contributed by atoms with Gasteiger partial charge in [0.05, 0.1) is 17.8 Å². The molecule has 0 bridgehead atoms. The first-order valence-electron chi connectivity index (χ1n) is 7.59. The van der Waals surface area contributed by atoms with Gasteiger partial charge in [0.2, 0.25) is 0 Å². The molecule has 4 rings (SSSR count). The molecule has 0 radical (unpaired) electrons. The molecule has 1 amide bonds. The number of benzene rings is 2. The topological polar surface area (TPSA) is 45.0 Å². The van der Waals surface area contributed by atoms with Gasteiger partial charge in [-0.3, -0.25) is 9.69 Å². The van der Waals surface area contributed by atoms with E-state index >= 15 is 0 Å². The highest BCUT2D eigenvalue weighted by Crippen LogP contribution is 2.36. The average molecular weight is 283 g/mol. The van der Waals surface area contributed by atoms with Crippen molar-refractivity contribution in [1.29, 1.82) is 0 Å². The summed E-state index contributed by atoms with van der Waals surface area (Å²) >= 11 is 0. The molecule has 21 heavy (non-hydrogen) atoms. The van der Waals surface area contributed by atoms with Crippen LogP contribution in [0.25, 0.3) is 10.8 Å². The number of amides is 1. The lowest BCUT2D eigenvalue weighted by atomic mass is 10.1. The summed E-state index contributed by atoms with van der Waals surface area (Å²) in [6.45, 7) is 2.40. The average Bonchev–Trinajstić information content (AvgIpc) is 2.76. The van der Waals surface area contributed by atoms with E-state index in [1.807, 2.05) is 29.2 Å². The second-order valence-electron chi connectivity index (χ2n) is 6.07. The lowest BCUT2D eigenvalue weighted by Gasteiger charge is -2.30. The van der Waals surface area contributed by atoms with Gasteiger partial charge < -0.3 is 10.0 Å². The molecule has 4 nitrogen and oxygen atoms in total. The third-order valence-corrected chi connectivity index (χ3v) is 4.62. The monoisotopic (exact) mass is 283 g/mol. The number of hydrogen-bond donors (Lipinski definition) is 2. The molecule has 0 aliphatic carbocycles. The Balaban J connectivity index is 1.69. The van der Waals surface area contributed by atoms with Gasteiger partial charge >= 0.3 is 0 Å². The molecule has 2 aliphatic heterocycles. The Morgan fingerprint density at radius 3 is 2.86 bits per heavy atom. The molecule has 2 N–H and O–H groups in total. The maximum absolute atomic E-state index is 12.7. The predicted octanol–water partition coefficient (Wildman–Crippen LogP) is 0.797. The number of aliphatic hydroxyl groups is 1. The van der Waals surface area contributed by atoms with Crippen LogP contribution in [0.2, 0.25) is 0 Å². The van der Waals surface area contributed by atoms with E-state index in [-0.39, 0.29) is 12.0 Å². The second-order valence-corrected chi connectivity index (χ2v) is 6.07. The Bertz CT molecular complexity index is 708. The maximum atomic E-state index is 12.7. The van der Waals surface area contributed by atoms with Crippen LogP contribution in [0.3, 0.4) is 0 Å². The van der Waals surface area contributed by atoms with Crippen LogP contribution in [0.4, 0.5) is 5.69 Å². The number of anilines is 1. The van der Waals surface area contributed by atoms with Crippen LogP contribution in [0.15, 0.2) is 36.4 Å². The van der Waals surface area contributed by atoms with Gasteiger partial charge in [0, 0.05) is 5.39 Å². The zero-order chi connectivity index (χ0) is 14.4. The van der Waals surface area contributed by atoms with Gasteiger partial charge in [0.15, 0.2) is 6.67 Å². The predicted molar refractivity (Wildman–Crippen MR) is 81.6 cm³/mol. The van der Waals surface area contributed by atoms with E-state index < -0.39 is 0 Å². The molecule has 2 heterocycles. The van der Waals surface area contributed by atoms with E-state index in [2.05, 4.69) is 12.1 Å². The van der Waals surface area contributed by atoms with Crippen LogP contribution >= 0.6 is 0 Å². The molecule has 0 saturated carbocycles. The summed E-state index contributed by atoms with van der Waals surface area (Å²) in [4.78, 5) is 15.8. The summed E-state index contributed by atoms with van der Waals surface area (Å²) in [5.74, 6) is 0.0920. The minimum absolute atomic E-state index is 0.0920. The van der Waals surface area contributed by atoms with E-state index in [0.29, 0.717) is 6.67 Å². The number of aliphatic hydroxyl groups excluding tert-OH is 1. The van der Waals surface area contributed by atoms with Crippen molar-refractivity contribution in [2.75, 3.05) is 24.7 Å². The van der Waals surface area contributed by atoms with Crippen molar-refractivity contribution in [3.8, 4) is 0 Å². The first kappa shape index (κ1) is 12.8. The molecule has 4 heteroatoms. The van der Waals surface area contributed by atoms with Crippen molar-refractivity contribution in [3.63, 3.8) is 0 Å². The minimum atomic E-state index is -0.232. The molecule has 108 valence electrons. The summed E-state index contributed by atoms with van der Waals surface area (Å²) in [6, 6.07) is 12.0. The van der Waals surface area contributed by atoms with Gasteiger partial charge in [0.1, 0.15) is 12.6 Å². The summed E-state index contributed by atoms with van der Waals surface area (Å²) in [6.07, 6.45) is 1.67. The number of quaternary nitrogens is 1. The normalized spacial score (nSPS) is 24.8. The lowest BCUT2D eigenvalue weighted by molar-refractivity contribution is -0.907. The van der Waals surface area contributed by atoms with Crippen molar-refractivity contribution in [3.05, 3.63) is 42.0 Å². The van der Waals surface area contributed by atoms with Crippen LogP contribution in [0.1, 0.15) is 23.2 Å². The van der Waals surface area contributed by atoms with Gasteiger partial charge in [-0.1, -0.05) is 24.3 Å². The largest absolute Gasteiger partial charge is 0.387 e. The second kappa shape index (κ2) is 4.83. The van der Waals surface area contributed by atoms with Crippen LogP contribution in [-0.2, 0) is 0 Å². The van der Waals surface area contributed by atoms with Crippen LogP contribution in [-0.4, -0.2) is 36.9 Å². The zero-order valence-electron chi connectivity index (χ0n) is 11.9. The first-order chi connectivity index (χ1) is 10.2. The van der Waals surface area contributed by atoms with Crippen molar-refractivity contribution in [2.24, 2.45) is 0 Å². The van der Waals surface area contributed by atoms with Crippen molar-refractivity contribution in [1.82, 2.24) is 0 Å². The van der Waals surface area contributed by atoms with Crippen molar-refractivity contribution < 1.29 is 14.8 Å². The fourth-order valence-electron chi connectivity index (χ4n) is 3.63. The number of carbonyl (C=O) groups is 1. The Morgan fingerprint density at radius 2 is 2.05 bits per heavy atom. The van der Waals surface area contributed by atoms with E-state index in [0.717, 1.165) is 48.0 Å². The quantitative estimate of drug-likeness (QED) is 0.856. The number of likely N-dealkylation sites (tertiary alicyclic amines) is 1. The Kier molecular flexibility index (Phi) is 2.94. The maximum Gasteiger partial charge on any atom is 0.263 e. The molecule has 2 aromatic rings. The summed E-state index contributed by atoms with van der Waals surface area (Å²) in [5.41, 5.74) is 1.82. The van der Waals surface area contributed by atoms with E-state index in [1.54, 1.807) is 0 Å². The van der Waals surface area contributed by atoms with Gasteiger partial charge in [0.25, 0.3) is 5.91 Å².